The molecule has 0 aliphatic heterocycles. The van der Waals surface area contributed by atoms with Gasteiger partial charge in [0.25, 0.3) is 0 Å². The predicted molar refractivity (Wildman–Crippen MR) is 71.5 cm³/mol. The monoisotopic (exact) mass is 263 g/mol. The summed E-state index contributed by atoms with van der Waals surface area (Å²) in [5.41, 5.74) is 7.59. The minimum atomic E-state index is -0.160. The molecule has 16 heavy (non-hydrogen) atoms. The largest absolute Gasteiger partial charge is 0.507 e. The summed E-state index contributed by atoms with van der Waals surface area (Å²) in [5.74, 6) is 0.598. The summed E-state index contributed by atoms with van der Waals surface area (Å²) in [5, 5.41) is 10.5. The quantitative estimate of drug-likeness (QED) is 0.871. The molecule has 0 aliphatic rings. The van der Waals surface area contributed by atoms with Gasteiger partial charge in [0.15, 0.2) is 0 Å². The Morgan fingerprint density at radius 1 is 1.44 bits per heavy atom. The van der Waals surface area contributed by atoms with Crippen molar-refractivity contribution in [3.05, 3.63) is 28.3 Å². The summed E-state index contributed by atoms with van der Waals surface area (Å²) in [4.78, 5) is 0. The van der Waals surface area contributed by atoms with E-state index in [2.05, 4.69) is 13.8 Å². The summed E-state index contributed by atoms with van der Waals surface area (Å²) in [6.07, 6.45) is 0.978. The minimum Gasteiger partial charge on any atom is -0.507 e. The SMILES string of the molecule is CCC(C)[C@@H](N)c1cc(Cl)cc(C)c1O.Cl. The van der Waals surface area contributed by atoms with Gasteiger partial charge in [-0.3, -0.25) is 0 Å². The van der Waals surface area contributed by atoms with Crippen molar-refractivity contribution in [1.82, 2.24) is 0 Å². The third-order valence-corrected chi connectivity index (χ3v) is 3.13. The molecule has 1 unspecified atom stereocenters. The van der Waals surface area contributed by atoms with Crippen LogP contribution in [-0.4, -0.2) is 5.11 Å². The summed E-state index contributed by atoms with van der Waals surface area (Å²) in [7, 11) is 0. The van der Waals surface area contributed by atoms with Crippen LogP contribution in [0.1, 0.15) is 37.4 Å². The average Bonchev–Trinajstić information content (AvgIpc) is 2.21. The zero-order valence-electron chi connectivity index (χ0n) is 9.83. The molecular formula is C12H19Cl2NO. The van der Waals surface area contributed by atoms with E-state index in [0.717, 1.165) is 17.5 Å². The molecule has 2 atom stereocenters. The highest BCUT2D eigenvalue weighted by molar-refractivity contribution is 6.30. The van der Waals surface area contributed by atoms with E-state index in [0.29, 0.717) is 10.9 Å². The van der Waals surface area contributed by atoms with Crippen molar-refractivity contribution in [2.45, 2.75) is 33.2 Å². The van der Waals surface area contributed by atoms with Gasteiger partial charge in [-0.15, -0.1) is 12.4 Å². The molecule has 0 heterocycles. The molecule has 0 saturated heterocycles. The predicted octanol–water partition coefficient (Wildman–Crippen LogP) is 3.82. The Kier molecular flexibility index (Phi) is 6.16. The molecule has 4 heteroatoms. The van der Waals surface area contributed by atoms with Crippen molar-refractivity contribution in [2.75, 3.05) is 0 Å². The topological polar surface area (TPSA) is 46.2 Å². The van der Waals surface area contributed by atoms with E-state index in [1.165, 1.54) is 0 Å². The Labute approximate surface area is 108 Å². The number of benzene rings is 1. The number of phenolic OH excluding ortho intramolecular Hbond substituents is 1. The van der Waals surface area contributed by atoms with Crippen molar-refractivity contribution < 1.29 is 5.11 Å². The van der Waals surface area contributed by atoms with E-state index in [1.54, 1.807) is 12.1 Å². The lowest BCUT2D eigenvalue weighted by molar-refractivity contribution is 0.417. The van der Waals surface area contributed by atoms with E-state index in [4.69, 9.17) is 17.3 Å². The van der Waals surface area contributed by atoms with Gasteiger partial charge in [-0.1, -0.05) is 31.9 Å². The third kappa shape index (κ3) is 3.27. The van der Waals surface area contributed by atoms with Crippen molar-refractivity contribution >= 4 is 24.0 Å². The van der Waals surface area contributed by atoms with Gasteiger partial charge in [0, 0.05) is 16.6 Å². The van der Waals surface area contributed by atoms with Crippen molar-refractivity contribution in [3.63, 3.8) is 0 Å². The zero-order valence-corrected chi connectivity index (χ0v) is 11.4. The smallest absolute Gasteiger partial charge is 0.123 e. The molecular weight excluding hydrogens is 245 g/mol. The molecule has 0 amide bonds. The van der Waals surface area contributed by atoms with Gasteiger partial charge in [-0.25, -0.2) is 0 Å². The van der Waals surface area contributed by atoms with Gasteiger partial charge in [0.1, 0.15) is 5.75 Å². The Hall–Kier alpha value is -0.440. The number of halogens is 2. The second kappa shape index (κ2) is 6.33. The van der Waals surface area contributed by atoms with Crippen molar-refractivity contribution in [3.8, 4) is 5.75 Å². The lowest BCUT2D eigenvalue weighted by Gasteiger charge is -2.20. The van der Waals surface area contributed by atoms with Gasteiger partial charge in [-0.05, 0) is 30.5 Å². The zero-order chi connectivity index (χ0) is 11.6. The maximum Gasteiger partial charge on any atom is 0.123 e. The number of aromatic hydroxyl groups is 1. The highest BCUT2D eigenvalue weighted by Gasteiger charge is 2.18. The van der Waals surface area contributed by atoms with Crippen LogP contribution in [0.3, 0.4) is 0 Å². The first-order chi connectivity index (χ1) is 6.97. The Morgan fingerprint density at radius 3 is 2.50 bits per heavy atom. The van der Waals surface area contributed by atoms with E-state index in [9.17, 15) is 5.11 Å². The molecule has 0 radical (unpaired) electrons. The summed E-state index contributed by atoms with van der Waals surface area (Å²) < 4.78 is 0. The first kappa shape index (κ1) is 15.6. The molecule has 0 spiro atoms. The van der Waals surface area contributed by atoms with Crippen LogP contribution in [0.5, 0.6) is 5.75 Å². The standard InChI is InChI=1S/C12H18ClNO.ClH/c1-4-7(2)11(14)10-6-9(13)5-8(3)12(10)15;/h5-7,11,15H,4,14H2,1-3H3;1H/t7?,11-;/m1./s1. The second-order valence-electron chi connectivity index (χ2n) is 4.07. The fourth-order valence-electron chi connectivity index (χ4n) is 1.58. The lowest BCUT2D eigenvalue weighted by atomic mass is 9.92. The molecule has 1 aromatic rings. The normalized spacial score (nSPS) is 14.1. The molecule has 1 rings (SSSR count). The molecule has 0 bridgehead atoms. The molecule has 3 N–H and O–H groups in total. The molecule has 92 valence electrons. The number of hydrogen-bond acceptors (Lipinski definition) is 2. The maximum atomic E-state index is 9.90. The number of hydrogen-bond donors (Lipinski definition) is 2. The summed E-state index contributed by atoms with van der Waals surface area (Å²) >= 11 is 5.95. The maximum absolute atomic E-state index is 9.90. The van der Waals surface area contributed by atoms with E-state index >= 15 is 0 Å². The number of nitrogens with two attached hydrogens (primary N) is 1. The van der Waals surface area contributed by atoms with Crippen LogP contribution in [-0.2, 0) is 0 Å². The van der Waals surface area contributed by atoms with Crippen LogP contribution in [0.4, 0.5) is 0 Å². The van der Waals surface area contributed by atoms with Crippen LogP contribution in [0, 0.1) is 12.8 Å². The van der Waals surface area contributed by atoms with E-state index in [1.807, 2.05) is 6.92 Å². The Balaban J connectivity index is 0.00000225. The van der Waals surface area contributed by atoms with Crippen LogP contribution < -0.4 is 5.73 Å². The van der Waals surface area contributed by atoms with Crippen LogP contribution in [0.15, 0.2) is 12.1 Å². The van der Waals surface area contributed by atoms with Crippen LogP contribution in [0.2, 0.25) is 5.02 Å². The Morgan fingerprint density at radius 2 is 2.00 bits per heavy atom. The number of rotatable bonds is 3. The molecule has 0 saturated carbocycles. The number of phenols is 1. The fourth-order valence-corrected chi connectivity index (χ4v) is 1.86. The van der Waals surface area contributed by atoms with Gasteiger partial charge in [-0.2, -0.15) is 0 Å². The van der Waals surface area contributed by atoms with E-state index < -0.39 is 0 Å². The molecule has 0 aromatic heterocycles. The van der Waals surface area contributed by atoms with Crippen molar-refractivity contribution in [1.29, 1.82) is 0 Å². The molecule has 2 nitrogen and oxygen atoms in total. The molecule has 0 aliphatic carbocycles. The lowest BCUT2D eigenvalue weighted by Crippen LogP contribution is -2.18. The summed E-state index contributed by atoms with van der Waals surface area (Å²) in [6.45, 7) is 5.98. The number of aryl methyl sites for hydroxylation is 1. The van der Waals surface area contributed by atoms with Gasteiger partial charge in [0.2, 0.25) is 0 Å². The van der Waals surface area contributed by atoms with E-state index in [-0.39, 0.29) is 24.2 Å². The first-order valence-electron chi connectivity index (χ1n) is 5.22. The van der Waals surface area contributed by atoms with Gasteiger partial charge >= 0.3 is 0 Å². The summed E-state index contributed by atoms with van der Waals surface area (Å²) in [6, 6.07) is 3.33. The molecule has 1 aromatic carbocycles. The highest BCUT2D eigenvalue weighted by atomic mass is 35.5. The van der Waals surface area contributed by atoms with Crippen LogP contribution in [0.25, 0.3) is 0 Å². The first-order valence-corrected chi connectivity index (χ1v) is 5.59. The average molecular weight is 264 g/mol. The highest BCUT2D eigenvalue weighted by Crippen LogP contribution is 2.33. The minimum absolute atomic E-state index is 0. The fraction of sp³-hybridized carbons (Fsp3) is 0.500. The molecule has 0 fully saturated rings. The van der Waals surface area contributed by atoms with Crippen molar-refractivity contribution in [2.24, 2.45) is 11.7 Å². The van der Waals surface area contributed by atoms with Gasteiger partial charge in [0.05, 0.1) is 0 Å². The second-order valence-corrected chi connectivity index (χ2v) is 4.51. The van der Waals surface area contributed by atoms with Gasteiger partial charge < -0.3 is 10.8 Å². The third-order valence-electron chi connectivity index (χ3n) is 2.91. The Bertz CT molecular complexity index is 355. The van der Waals surface area contributed by atoms with Crippen LogP contribution >= 0.6 is 24.0 Å².